The molecule has 1 fully saturated rings. The van der Waals surface area contributed by atoms with Crippen LogP contribution in [0, 0.1) is 12.7 Å². The number of aryl methyl sites for hydroxylation is 1. The molecule has 1 N–H and O–H groups in total. The van der Waals surface area contributed by atoms with Crippen LogP contribution in [0.1, 0.15) is 29.9 Å². The predicted octanol–water partition coefficient (Wildman–Crippen LogP) is 5.15. The average Bonchev–Trinajstić information content (AvgIpc) is 2.35. The summed E-state index contributed by atoms with van der Waals surface area (Å²) in [7, 11) is 0. The fourth-order valence-electron chi connectivity index (χ4n) is 2.76. The average molecular weight is 290 g/mol. The maximum atomic E-state index is 13.7. The Hall–Kier alpha value is -1.54. The minimum absolute atomic E-state index is 0.281. The molecule has 3 rings (SSSR count). The Labute approximate surface area is 123 Å². The van der Waals surface area contributed by atoms with E-state index in [0.29, 0.717) is 22.7 Å². The van der Waals surface area contributed by atoms with Crippen LogP contribution >= 0.6 is 11.6 Å². The molecule has 104 valence electrons. The molecule has 0 spiro atoms. The highest BCUT2D eigenvalue weighted by atomic mass is 35.5. The monoisotopic (exact) mass is 289 g/mol. The third kappa shape index (κ3) is 2.80. The highest BCUT2D eigenvalue weighted by Gasteiger charge is 2.30. The van der Waals surface area contributed by atoms with Crippen molar-refractivity contribution in [3.63, 3.8) is 0 Å². The fourth-order valence-corrected chi connectivity index (χ4v) is 2.92. The van der Waals surface area contributed by atoms with E-state index in [2.05, 4.69) is 36.5 Å². The lowest BCUT2D eigenvalue weighted by Crippen LogP contribution is -2.34. The molecule has 1 aliphatic carbocycles. The van der Waals surface area contributed by atoms with Gasteiger partial charge in [0.2, 0.25) is 0 Å². The van der Waals surface area contributed by atoms with Gasteiger partial charge in [0.15, 0.2) is 0 Å². The van der Waals surface area contributed by atoms with Gasteiger partial charge in [-0.2, -0.15) is 0 Å². The van der Waals surface area contributed by atoms with Crippen LogP contribution in [-0.2, 0) is 0 Å². The van der Waals surface area contributed by atoms with Crippen LogP contribution in [0.3, 0.4) is 0 Å². The number of hydrogen-bond acceptors (Lipinski definition) is 1. The summed E-state index contributed by atoms with van der Waals surface area (Å²) in [6.45, 7) is 2.11. The van der Waals surface area contributed by atoms with Crippen LogP contribution in [0.25, 0.3) is 0 Å². The van der Waals surface area contributed by atoms with Gasteiger partial charge < -0.3 is 5.32 Å². The number of rotatable bonds is 3. The first-order valence-electron chi connectivity index (χ1n) is 6.90. The lowest BCUT2D eigenvalue weighted by Gasteiger charge is -2.37. The molecular weight excluding hydrogens is 273 g/mol. The Morgan fingerprint density at radius 3 is 2.65 bits per heavy atom. The topological polar surface area (TPSA) is 12.0 Å². The third-order valence-corrected chi connectivity index (χ3v) is 4.18. The second kappa shape index (κ2) is 5.45. The molecule has 2 aromatic carbocycles. The van der Waals surface area contributed by atoms with Crippen molar-refractivity contribution in [2.24, 2.45) is 0 Å². The molecule has 0 aromatic heterocycles. The number of halogens is 2. The van der Waals surface area contributed by atoms with Crippen molar-refractivity contribution < 1.29 is 4.39 Å². The van der Waals surface area contributed by atoms with Crippen LogP contribution in [0.15, 0.2) is 42.5 Å². The molecule has 0 bridgehead atoms. The number of nitrogens with one attached hydrogen (secondary N) is 1. The minimum Gasteiger partial charge on any atom is -0.380 e. The Balaban J connectivity index is 1.61. The second-order valence-corrected chi connectivity index (χ2v) is 5.98. The molecule has 1 saturated carbocycles. The molecule has 1 nitrogen and oxygen atoms in total. The third-order valence-electron chi connectivity index (χ3n) is 3.94. The van der Waals surface area contributed by atoms with E-state index in [1.54, 1.807) is 12.1 Å². The van der Waals surface area contributed by atoms with Crippen LogP contribution in [0.2, 0.25) is 5.02 Å². The molecule has 0 amide bonds. The maximum Gasteiger partial charge on any atom is 0.147 e. The first kappa shape index (κ1) is 13.4. The summed E-state index contributed by atoms with van der Waals surface area (Å²) in [5.74, 6) is 0.305. The van der Waals surface area contributed by atoms with E-state index in [0.717, 1.165) is 12.8 Å². The molecular formula is C17H17ClFN. The van der Waals surface area contributed by atoms with Gasteiger partial charge in [0.05, 0.1) is 5.69 Å². The van der Waals surface area contributed by atoms with Crippen LogP contribution in [0.5, 0.6) is 0 Å². The van der Waals surface area contributed by atoms with E-state index in [1.807, 2.05) is 0 Å². The predicted molar refractivity (Wildman–Crippen MR) is 82.0 cm³/mol. The second-order valence-electron chi connectivity index (χ2n) is 5.55. The zero-order chi connectivity index (χ0) is 14.1. The quantitative estimate of drug-likeness (QED) is 0.824. The Morgan fingerprint density at radius 2 is 1.95 bits per heavy atom. The maximum absolute atomic E-state index is 13.7. The highest BCUT2D eigenvalue weighted by Crippen LogP contribution is 2.39. The lowest BCUT2D eigenvalue weighted by molar-refractivity contribution is 0.373. The standard InChI is InChI=1S/C17H17ClFN/c1-11-3-2-4-12(7-11)13-8-15(9-13)20-17-6-5-14(18)10-16(17)19/h2-7,10,13,15,20H,8-9H2,1H3. The van der Waals surface area contributed by atoms with Crippen molar-refractivity contribution in [3.05, 3.63) is 64.4 Å². The largest absolute Gasteiger partial charge is 0.380 e. The summed E-state index contributed by atoms with van der Waals surface area (Å²) < 4.78 is 13.7. The van der Waals surface area contributed by atoms with Crippen LogP contribution in [0.4, 0.5) is 10.1 Å². The van der Waals surface area contributed by atoms with Gasteiger partial charge in [-0.1, -0.05) is 41.4 Å². The summed E-state index contributed by atoms with van der Waals surface area (Å²) in [4.78, 5) is 0. The van der Waals surface area contributed by atoms with Crippen molar-refractivity contribution >= 4 is 17.3 Å². The Morgan fingerprint density at radius 1 is 1.15 bits per heavy atom. The molecule has 1 aliphatic rings. The molecule has 0 radical (unpaired) electrons. The molecule has 0 heterocycles. The van der Waals surface area contributed by atoms with Gasteiger partial charge in [0, 0.05) is 11.1 Å². The summed E-state index contributed by atoms with van der Waals surface area (Å²) in [5, 5.41) is 3.68. The van der Waals surface area contributed by atoms with Crippen molar-refractivity contribution in [2.75, 3.05) is 5.32 Å². The van der Waals surface area contributed by atoms with Crippen molar-refractivity contribution in [1.82, 2.24) is 0 Å². The van der Waals surface area contributed by atoms with E-state index in [-0.39, 0.29) is 5.82 Å². The van der Waals surface area contributed by atoms with Gasteiger partial charge in [0.25, 0.3) is 0 Å². The zero-order valence-electron chi connectivity index (χ0n) is 11.4. The van der Waals surface area contributed by atoms with Crippen molar-refractivity contribution in [2.45, 2.75) is 31.7 Å². The van der Waals surface area contributed by atoms with Crippen molar-refractivity contribution in [3.8, 4) is 0 Å². The smallest absolute Gasteiger partial charge is 0.147 e. The first-order chi connectivity index (χ1) is 9.61. The van der Waals surface area contributed by atoms with E-state index in [1.165, 1.54) is 17.2 Å². The van der Waals surface area contributed by atoms with E-state index >= 15 is 0 Å². The number of benzene rings is 2. The normalized spacial score (nSPS) is 21.4. The molecule has 2 aromatic rings. The summed E-state index contributed by atoms with van der Waals surface area (Å²) in [6.07, 6.45) is 2.09. The first-order valence-corrected chi connectivity index (χ1v) is 7.28. The van der Waals surface area contributed by atoms with Gasteiger partial charge in [-0.3, -0.25) is 0 Å². The Bertz CT molecular complexity index is 620. The number of hydrogen-bond donors (Lipinski definition) is 1. The molecule has 20 heavy (non-hydrogen) atoms. The van der Waals surface area contributed by atoms with Crippen LogP contribution < -0.4 is 5.32 Å². The highest BCUT2D eigenvalue weighted by molar-refractivity contribution is 6.30. The van der Waals surface area contributed by atoms with E-state index in [4.69, 9.17) is 11.6 Å². The SMILES string of the molecule is Cc1cccc(C2CC(Nc3ccc(Cl)cc3F)C2)c1. The molecule has 0 saturated heterocycles. The molecule has 0 aliphatic heterocycles. The fraction of sp³-hybridized carbons (Fsp3) is 0.294. The Kier molecular flexibility index (Phi) is 3.66. The lowest BCUT2D eigenvalue weighted by atomic mass is 9.75. The van der Waals surface area contributed by atoms with Gasteiger partial charge >= 0.3 is 0 Å². The minimum atomic E-state index is -0.281. The van der Waals surface area contributed by atoms with E-state index < -0.39 is 0 Å². The summed E-state index contributed by atoms with van der Waals surface area (Å²) >= 11 is 5.75. The number of anilines is 1. The molecule has 0 atom stereocenters. The summed E-state index contributed by atoms with van der Waals surface area (Å²) in [5.41, 5.74) is 3.23. The van der Waals surface area contributed by atoms with Crippen molar-refractivity contribution in [1.29, 1.82) is 0 Å². The van der Waals surface area contributed by atoms with Gasteiger partial charge in [-0.15, -0.1) is 0 Å². The van der Waals surface area contributed by atoms with Gasteiger partial charge in [-0.25, -0.2) is 4.39 Å². The van der Waals surface area contributed by atoms with Gasteiger partial charge in [-0.05, 0) is 49.4 Å². The molecule has 0 unspecified atom stereocenters. The molecule has 3 heteroatoms. The summed E-state index contributed by atoms with van der Waals surface area (Å²) in [6, 6.07) is 13.7. The van der Waals surface area contributed by atoms with E-state index in [9.17, 15) is 4.39 Å². The zero-order valence-corrected chi connectivity index (χ0v) is 12.1. The van der Waals surface area contributed by atoms with Crippen LogP contribution in [-0.4, -0.2) is 6.04 Å². The van der Waals surface area contributed by atoms with Gasteiger partial charge in [0.1, 0.15) is 5.82 Å².